The van der Waals surface area contributed by atoms with Crippen molar-refractivity contribution in [2.45, 2.75) is 47.1 Å². The minimum absolute atomic E-state index is 0.101. The molecule has 2 N–H and O–H groups in total. The second kappa shape index (κ2) is 6.19. The van der Waals surface area contributed by atoms with Crippen molar-refractivity contribution in [3.05, 3.63) is 17.5 Å². The summed E-state index contributed by atoms with van der Waals surface area (Å²) in [6, 6.07) is 0.243. The van der Waals surface area contributed by atoms with Gasteiger partial charge < -0.3 is 10.4 Å². The van der Waals surface area contributed by atoms with Crippen LogP contribution in [0.1, 0.15) is 56.2 Å². The van der Waals surface area contributed by atoms with Crippen LogP contribution in [0.5, 0.6) is 0 Å². The summed E-state index contributed by atoms with van der Waals surface area (Å²) in [5.74, 6) is -0.101. The maximum atomic E-state index is 12.1. The summed E-state index contributed by atoms with van der Waals surface area (Å²) in [4.78, 5) is 12.1. The molecule has 0 atom stereocenters. The van der Waals surface area contributed by atoms with E-state index in [1.807, 2.05) is 39.3 Å². The van der Waals surface area contributed by atoms with Gasteiger partial charge in [0.05, 0.1) is 11.8 Å². The Bertz CT molecular complexity index is 436. The molecule has 0 fully saturated rings. The molecule has 0 saturated carbocycles. The zero-order chi connectivity index (χ0) is 14.6. The average Bonchev–Trinajstić information content (AvgIpc) is 2.68. The monoisotopic (exact) mass is 267 g/mol. The van der Waals surface area contributed by atoms with Crippen molar-refractivity contribution in [1.29, 1.82) is 0 Å². The molecule has 1 aromatic rings. The van der Waals surface area contributed by atoms with Crippen molar-refractivity contribution in [1.82, 2.24) is 15.1 Å². The lowest BCUT2D eigenvalue weighted by Gasteiger charge is -2.23. The van der Waals surface area contributed by atoms with E-state index in [9.17, 15) is 4.79 Å². The SMILES string of the molecule is Cc1c(C(=O)NCC(C)(C)CCO)cnn1C(C)C. The van der Waals surface area contributed by atoms with Crippen molar-refractivity contribution in [3.63, 3.8) is 0 Å². The molecule has 19 heavy (non-hydrogen) atoms. The molecule has 5 nitrogen and oxygen atoms in total. The smallest absolute Gasteiger partial charge is 0.254 e. The summed E-state index contributed by atoms with van der Waals surface area (Å²) in [6.07, 6.45) is 2.28. The molecule has 108 valence electrons. The topological polar surface area (TPSA) is 67.2 Å². The molecule has 1 heterocycles. The third kappa shape index (κ3) is 4.06. The number of aliphatic hydroxyl groups excluding tert-OH is 1. The van der Waals surface area contributed by atoms with E-state index in [4.69, 9.17) is 5.11 Å². The Kier molecular flexibility index (Phi) is 5.11. The Morgan fingerprint density at radius 3 is 2.63 bits per heavy atom. The number of aliphatic hydroxyl groups is 1. The number of nitrogens with zero attached hydrogens (tertiary/aromatic N) is 2. The fraction of sp³-hybridized carbons (Fsp3) is 0.714. The molecule has 0 spiro atoms. The third-order valence-corrected chi connectivity index (χ3v) is 3.29. The Hall–Kier alpha value is -1.36. The molecule has 0 aliphatic rings. The fourth-order valence-corrected chi connectivity index (χ4v) is 1.97. The summed E-state index contributed by atoms with van der Waals surface area (Å²) in [6.45, 7) is 10.7. The lowest BCUT2D eigenvalue weighted by Crippen LogP contribution is -2.34. The maximum absolute atomic E-state index is 12.1. The number of hydrogen-bond acceptors (Lipinski definition) is 3. The molecule has 1 rings (SSSR count). The summed E-state index contributed by atoms with van der Waals surface area (Å²) in [5.41, 5.74) is 1.40. The lowest BCUT2D eigenvalue weighted by molar-refractivity contribution is 0.0927. The van der Waals surface area contributed by atoms with Crippen LogP contribution in [-0.2, 0) is 0 Å². The van der Waals surface area contributed by atoms with Crippen LogP contribution < -0.4 is 5.32 Å². The van der Waals surface area contributed by atoms with Crippen LogP contribution in [0.25, 0.3) is 0 Å². The summed E-state index contributed by atoms with van der Waals surface area (Å²) < 4.78 is 1.84. The van der Waals surface area contributed by atoms with Crippen molar-refractivity contribution in [2.24, 2.45) is 5.41 Å². The zero-order valence-electron chi connectivity index (χ0n) is 12.5. The van der Waals surface area contributed by atoms with Crippen molar-refractivity contribution < 1.29 is 9.90 Å². The average molecular weight is 267 g/mol. The fourth-order valence-electron chi connectivity index (χ4n) is 1.97. The van der Waals surface area contributed by atoms with E-state index in [1.54, 1.807) is 6.20 Å². The van der Waals surface area contributed by atoms with Crippen molar-refractivity contribution in [2.75, 3.05) is 13.2 Å². The predicted octanol–water partition coefficient (Wildman–Crippen LogP) is 1.91. The molecule has 1 amide bonds. The molecule has 0 saturated heterocycles. The Labute approximate surface area is 115 Å². The number of amides is 1. The Balaban J connectivity index is 2.69. The highest BCUT2D eigenvalue weighted by molar-refractivity contribution is 5.95. The summed E-state index contributed by atoms with van der Waals surface area (Å²) in [7, 11) is 0. The molecule has 1 aromatic heterocycles. The van der Waals surface area contributed by atoms with Crippen LogP contribution in [0.4, 0.5) is 0 Å². The molecule has 0 bridgehead atoms. The normalized spacial score (nSPS) is 11.9. The van der Waals surface area contributed by atoms with Crippen LogP contribution in [0, 0.1) is 12.3 Å². The highest BCUT2D eigenvalue weighted by atomic mass is 16.3. The van der Waals surface area contributed by atoms with Gasteiger partial charge in [0.1, 0.15) is 0 Å². The van der Waals surface area contributed by atoms with Crippen LogP contribution in [0.15, 0.2) is 6.20 Å². The third-order valence-electron chi connectivity index (χ3n) is 3.29. The molecule has 0 aliphatic heterocycles. The second-order valence-electron chi connectivity index (χ2n) is 6.00. The van der Waals surface area contributed by atoms with E-state index in [2.05, 4.69) is 10.4 Å². The van der Waals surface area contributed by atoms with Crippen LogP contribution in [0.3, 0.4) is 0 Å². The number of carbonyl (C=O) groups is 1. The predicted molar refractivity (Wildman–Crippen MR) is 75.2 cm³/mol. The van der Waals surface area contributed by atoms with E-state index >= 15 is 0 Å². The molecule has 5 heteroatoms. The van der Waals surface area contributed by atoms with Gasteiger partial charge in [-0.1, -0.05) is 13.8 Å². The van der Waals surface area contributed by atoms with Crippen molar-refractivity contribution in [3.8, 4) is 0 Å². The number of carbonyl (C=O) groups excluding carboxylic acids is 1. The molecule has 0 radical (unpaired) electrons. The molecule has 0 aromatic carbocycles. The second-order valence-corrected chi connectivity index (χ2v) is 6.00. The first-order chi connectivity index (χ1) is 8.78. The number of rotatable bonds is 6. The van der Waals surface area contributed by atoms with E-state index in [-0.39, 0.29) is 24.0 Å². The minimum atomic E-state index is -0.105. The van der Waals surface area contributed by atoms with Gasteiger partial charge in [0.15, 0.2) is 0 Å². The largest absolute Gasteiger partial charge is 0.396 e. The van der Waals surface area contributed by atoms with Crippen LogP contribution in [0.2, 0.25) is 0 Å². The van der Waals surface area contributed by atoms with Gasteiger partial charge in [-0.2, -0.15) is 5.10 Å². The number of nitrogens with one attached hydrogen (secondary N) is 1. The first-order valence-corrected chi connectivity index (χ1v) is 6.71. The minimum Gasteiger partial charge on any atom is -0.396 e. The van der Waals surface area contributed by atoms with Gasteiger partial charge in [0.2, 0.25) is 0 Å². The molecule has 0 aliphatic carbocycles. The highest BCUT2D eigenvalue weighted by Gasteiger charge is 2.20. The van der Waals surface area contributed by atoms with Gasteiger partial charge >= 0.3 is 0 Å². The van der Waals surface area contributed by atoms with Crippen LogP contribution >= 0.6 is 0 Å². The van der Waals surface area contributed by atoms with Gasteiger partial charge in [-0.15, -0.1) is 0 Å². The van der Waals surface area contributed by atoms with Gasteiger partial charge in [0, 0.05) is 24.9 Å². The van der Waals surface area contributed by atoms with Gasteiger partial charge in [-0.3, -0.25) is 9.48 Å². The molecule has 0 unspecified atom stereocenters. The quantitative estimate of drug-likeness (QED) is 0.827. The first-order valence-electron chi connectivity index (χ1n) is 6.71. The first kappa shape index (κ1) is 15.7. The van der Waals surface area contributed by atoms with Gasteiger partial charge in [0.25, 0.3) is 5.91 Å². The van der Waals surface area contributed by atoms with Gasteiger partial charge in [-0.25, -0.2) is 0 Å². The van der Waals surface area contributed by atoms with Crippen molar-refractivity contribution >= 4 is 5.91 Å². The Morgan fingerprint density at radius 1 is 1.53 bits per heavy atom. The molecular weight excluding hydrogens is 242 g/mol. The van der Waals surface area contributed by atoms with E-state index < -0.39 is 0 Å². The van der Waals surface area contributed by atoms with Gasteiger partial charge in [-0.05, 0) is 32.6 Å². The highest BCUT2D eigenvalue weighted by Crippen LogP contribution is 2.19. The summed E-state index contributed by atoms with van der Waals surface area (Å²) >= 11 is 0. The zero-order valence-corrected chi connectivity index (χ0v) is 12.5. The van der Waals surface area contributed by atoms with E-state index in [0.29, 0.717) is 18.5 Å². The van der Waals surface area contributed by atoms with E-state index in [1.165, 1.54) is 0 Å². The maximum Gasteiger partial charge on any atom is 0.254 e. The van der Waals surface area contributed by atoms with E-state index in [0.717, 1.165) is 5.69 Å². The lowest BCUT2D eigenvalue weighted by atomic mass is 9.89. The summed E-state index contributed by atoms with van der Waals surface area (Å²) in [5, 5.41) is 16.1. The Morgan fingerprint density at radius 2 is 2.16 bits per heavy atom. The number of aromatic nitrogens is 2. The molecular formula is C14H25N3O2. The standard InChI is InChI=1S/C14H25N3O2/c1-10(2)17-11(3)12(8-16-17)13(19)15-9-14(4,5)6-7-18/h8,10,18H,6-7,9H2,1-5H3,(H,15,19). The van der Waals surface area contributed by atoms with Crippen LogP contribution in [-0.4, -0.2) is 33.9 Å². The number of hydrogen-bond donors (Lipinski definition) is 2.